The summed E-state index contributed by atoms with van der Waals surface area (Å²) in [4.78, 5) is 27.4. The number of amides is 2. The van der Waals surface area contributed by atoms with Gasteiger partial charge < -0.3 is 4.98 Å². The van der Waals surface area contributed by atoms with Gasteiger partial charge in [0.15, 0.2) is 0 Å². The molecule has 0 saturated carbocycles. The van der Waals surface area contributed by atoms with Crippen LogP contribution < -0.4 is 10.9 Å². The molecule has 28 heavy (non-hydrogen) atoms. The predicted molar refractivity (Wildman–Crippen MR) is 106 cm³/mol. The summed E-state index contributed by atoms with van der Waals surface area (Å²) in [5.74, 6) is -0.585. The average Bonchev–Trinajstić information content (AvgIpc) is 3.35. The molecule has 4 rings (SSSR count). The monoisotopic (exact) mass is 373 g/mol. The molecule has 4 aromatic rings. The first-order valence-corrected chi connectivity index (χ1v) is 8.91. The molecule has 2 aromatic carbocycles. The molecule has 0 bridgehead atoms. The highest BCUT2D eigenvalue weighted by molar-refractivity contribution is 5.90. The van der Waals surface area contributed by atoms with Crippen molar-refractivity contribution in [2.24, 2.45) is 0 Å². The van der Waals surface area contributed by atoms with E-state index in [0.29, 0.717) is 0 Å². The van der Waals surface area contributed by atoms with E-state index < -0.39 is 0 Å². The lowest BCUT2D eigenvalue weighted by Crippen LogP contribution is -2.43. The number of aromatic amines is 1. The Hall–Kier alpha value is -3.87. The Morgan fingerprint density at radius 2 is 1.64 bits per heavy atom. The zero-order valence-electron chi connectivity index (χ0n) is 15.1. The van der Waals surface area contributed by atoms with Crippen LogP contribution in [0.4, 0.5) is 0 Å². The van der Waals surface area contributed by atoms with E-state index in [2.05, 4.69) is 20.9 Å². The van der Waals surface area contributed by atoms with Gasteiger partial charge in [0, 0.05) is 23.3 Å². The number of carbonyl (C=O) groups excluding carboxylic acids is 2. The molecule has 140 valence electrons. The number of benzene rings is 2. The van der Waals surface area contributed by atoms with Crippen LogP contribution >= 0.6 is 0 Å². The Kier molecular flexibility index (Phi) is 4.88. The molecule has 2 amide bonds. The van der Waals surface area contributed by atoms with E-state index in [4.69, 9.17) is 0 Å². The molecule has 2 aromatic heterocycles. The number of fused-ring (bicyclic) bond motifs is 1. The van der Waals surface area contributed by atoms with Crippen LogP contribution in [0.5, 0.6) is 0 Å². The number of H-pyrrole nitrogens is 1. The highest BCUT2D eigenvalue weighted by atomic mass is 16.2. The zero-order chi connectivity index (χ0) is 19.3. The summed E-state index contributed by atoms with van der Waals surface area (Å²) in [6.45, 7) is 0. The van der Waals surface area contributed by atoms with Crippen LogP contribution in [0.2, 0.25) is 0 Å². The van der Waals surface area contributed by atoms with Gasteiger partial charge in [-0.1, -0.05) is 36.4 Å². The normalized spacial score (nSPS) is 10.7. The van der Waals surface area contributed by atoms with Crippen LogP contribution in [0.25, 0.3) is 16.6 Å². The minimum Gasteiger partial charge on any atom is -0.361 e. The van der Waals surface area contributed by atoms with Crippen LogP contribution in [0.3, 0.4) is 0 Å². The second-order valence-electron chi connectivity index (χ2n) is 6.44. The standard InChI is InChI=1S/C21H19N5O2/c27-20(10-15-12-23-26(14-15)17-6-2-1-3-7-17)24-25-21(28)11-16-13-22-19-9-5-4-8-18(16)19/h1-9,12-14,22H,10-11H2,(H,24,27)(H,25,28). The number of hydrogen-bond donors (Lipinski definition) is 3. The summed E-state index contributed by atoms with van der Waals surface area (Å²) in [7, 11) is 0. The summed E-state index contributed by atoms with van der Waals surface area (Å²) in [6.07, 6.45) is 5.55. The van der Waals surface area contributed by atoms with Gasteiger partial charge in [-0.2, -0.15) is 5.10 Å². The van der Waals surface area contributed by atoms with Crippen molar-refractivity contribution in [1.82, 2.24) is 25.6 Å². The molecule has 0 unspecified atom stereocenters. The lowest BCUT2D eigenvalue weighted by Gasteiger charge is -2.06. The van der Waals surface area contributed by atoms with Crippen LogP contribution in [-0.2, 0) is 22.4 Å². The van der Waals surface area contributed by atoms with Crippen molar-refractivity contribution in [1.29, 1.82) is 0 Å². The van der Waals surface area contributed by atoms with Gasteiger partial charge >= 0.3 is 0 Å². The minimum atomic E-state index is -0.306. The maximum Gasteiger partial charge on any atom is 0.242 e. The lowest BCUT2D eigenvalue weighted by atomic mass is 10.1. The number of nitrogens with zero attached hydrogens (tertiary/aromatic N) is 2. The molecule has 3 N–H and O–H groups in total. The third-order valence-corrected chi connectivity index (χ3v) is 4.39. The number of carbonyl (C=O) groups is 2. The minimum absolute atomic E-state index is 0.125. The second kappa shape index (κ2) is 7.79. The van der Waals surface area contributed by atoms with Crippen molar-refractivity contribution in [3.05, 3.63) is 84.3 Å². The van der Waals surface area contributed by atoms with Crippen molar-refractivity contribution in [2.75, 3.05) is 0 Å². The summed E-state index contributed by atoms with van der Waals surface area (Å²) >= 11 is 0. The number of aromatic nitrogens is 3. The first-order chi connectivity index (χ1) is 13.7. The molecule has 0 fully saturated rings. The Balaban J connectivity index is 1.30. The maximum atomic E-state index is 12.1. The number of hydrazine groups is 1. The Morgan fingerprint density at radius 3 is 2.46 bits per heavy atom. The zero-order valence-corrected chi connectivity index (χ0v) is 15.1. The van der Waals surface area contributed by atoms with Crippen molar-refractivity contribution >= 4 is 22.7 Å². The fourth-order valence-corrected chi connectivity index (χ4v) is 3.04. The predicted octanol–water partition coefficient (Wildman–Crippen LogP) is 2.29. The van der Waals surface area contributed by atoms with Crippen LogP contribution in [-0.4, -0.2) is 26.6 Å². The molecule has 7 nitrogen and oxygen atoms in total. The van der Waals surface area contributed by atoms with E-state index in [9.17, 15) is 9.59 Å². The summed E-state index contributed by atoms with van der Waals surface area (Å²) in [5.41, 5.74) is 8.45. The number of rotatable bonds is 5. The van der Waals surface area contributed by atoms with Gasteiger partial charge in [0.1, 0.15) is 0 Å². The molecule has 0 aliphatic heterocycles. The first-order valence-electron chi connectivity index (χ1n) is 8.91. The van der Waals surface area contributed by atoms with Crippen molar-refractivity contribution < 1.29 is 9.59 Å². The first kappa shape index (κ1) is 17.5. The SMILES string of the molecule is O=C(Cc1cnn(-c2ccccc2)c1)NNC(=O)Cc1c[nH]c2ccccc12. The largest absolute Gasteiger partial charge is 0.361 e. The quantitative estimate of drug-likeness (QED) is 0.469. The van der Waals surface area contributed by atoms with Crippen molar-refractivity contribution in [3.8, 4) is 5.69 Å². The van der Waals surface area contributed by atoms with Crippen molar-refractivity contribution in [3.63, 3.8) is 0 Å². The third-order valence-electron chi connectivity index (χ3n) is 4.39. The smallest absolute Gasteiger partial charge is 0.242 e. The molecular formula is C21H19N5O2. The van der Waals surface area contributed by atoms with E-state index in [0.717, 1.165) is 27.7 Å². The van der Waals surface area contributed by atoms with E-state index in [1.165, 1.54) is 0 Å². The number of hydrogen-bond acceptors (Lipinski definition) is 3. The van der Waals surface area contributed by atoms with Gasteiger partial charge in [0.25, 0.3) is 0 Å². The number of nitrogens with one attached hydrogen (secondary N) is 3. The summed E-state index contributed by atoms with van der Waals surface area (Å²) in [5, 5.41) is 5.26. The molecular weight excluding hydrogens is 354 g/mol. The Labute approximate surface area is 161 Å². The van der Waals surface area contributed by atoms with E-state index in [1.54, 1.807) is 17.1 Å². The molecule has 0 aliphatic carbocycles. The van der Waals surface area contributed by atoms with Crippen molar-refractivity contribution in [2.45, 2.75) is 12.8 Å². The highest BCUT2D eigenvalue weighted by Crippen LogP contribution is 2.17. The highest BCUT2D eigenvalue weighted by Gasteiger charge is 2.11. The molecule has 7 heteroatoms. The fraction of sp³-hybridized carbons (Fsp3) is 0.0952. The maximum absolute atomic E-state index is 12.1. The topological polar surface area (TPSA) is 91.8 Å². The molecule has 0 aliphatic rings. The van der Waals surface area contributed by atoms with Gasteiger partial charge in [-0.15, -0.1) is 0 Å². The molecule has 0 radical (unpaired) electrons. The Morgan fingerprint density at radius 1 is 0.929 bits per heavy atom. The number of para-hydroxylation sites is 2. The third kappa shape index (κ3) is 3.93. The molecule has 0 atom stereocenters. The van der Waals surface area contributed by atoms with E-state index in [1.807, 2.05) is 60.8 Å². The average molecular weight is 373 g/mol. The fourth-order valence-electron chi connectivity index (χ4n) is 3.04. The van der Waals surface area contributed by atoms with Gasteiger partial charge in [-0.3, -0.25) is 20.4 Å². The van der Waals surface area contributed by atoms with Gasteiger partial charge in [0.2, 0.25) is 11.8 Å². The van der Waals surface area contributed by atoms with Gasteiger partial charge in [-0.05, 0) is 29.3 Å². The second-order valence-corrected chi connectivity index (χ2v) is 6.44. The van der Waals surface area contributed by atoms with E-state index >= 15 is 0 Å². The summed E-state index contributed by atoms with van der Waals surface area (Å²) < 4.78 is 1.71. The molecule has 0 saturated heterocycles. The van der Waals surface area contributed by atoms with Crippen LogP contribution in [0.15, 0.2) is 73.2 Å². The molecule has 0 spiro atoms. The van der Waals surface area contributed by atoms with Gasteiger partial charge in [-0.25, -0.2) is 4.68 Å². The Bertz CT molecular complexity index is 1110. The summed E-state index contributed by atoms with van der Waals surface area (Å²) in [6, 6.07) is 17.4. The van der Waals surface area contributed by atoms with Gasteiger partial charge in [0.05, 0.1) is 24.7 Å². The van der Waals surface area contributed by atoms with Crippen LogP contribution in [0, 0.1) is 0 Å². The van der Waals surface area contributed by atoms with E-state index in [-0.39, 0.29) is 24.7 Å². The van der Waals surface area contributed by atoms with Crippen LogP contribution in [0.1, 0.15) is 11.1 Å². The molecule has 2 heterocycles. The lowest BCUT2D eigenvalue weighted by molar-refractivity contribution is -0.128.